The maximum Gasteiger partial charge on any atom is 0.336 e. The Labute approximate surface area is 215 Å². The van der Waals surface area contributed by atoms with E-state index in [0.29, 0.717) is 39.8 Å². The summed E-state index contributed by atoms with van der Waals surface area (Å²) in [5.74, 6) is 2.00. The second-order valence-corrected chi connectivity index (χ2v) is 13.0. The van der Waals surface area contributed by atoms with Crippen molar-refractivity contribution < 1.29 is 12.8 Å². The van der Waals surface area contributed by atoms with Crippen LogP contribution in [0.1, 0.15) is 44.1 Å². The van der Waals surface area contributed by atoms with Crippen molar-refractivity contribution in [3.63, 3.8) is 0 Å². The summed E-state index contributed by atoms with van der Waals surface area (Å²) in [4.78, 5) is 12.0. The summed E-state index contributed by atoms with van der Waals surface area (Å²) in [5.41, 5.74) is 2.01. The molecule has 7 nitrogen and oxygen atoms in total. The molecule has 4 aliphatic carbocycles. The van der Waals surface area contributed by atoms with Crippen LogP contribution in [0, 0.1) is 24.7 Å². The highest BCUT2D eigenvalue weighted by molar-refractivity contribution is 7.89. The van der Waals surface area contributed by atoms with Gasteiger partial charge in [0.05, 0.1) is 4.90 Å². The first kappa shape index (κ1) is 23.6. The number of hydrogen-bond donors (Lipinski definition) is 3. The molecule has 0 spiro atoms. The molecule has 1 heterocycles. The Kier molecular flexibility index (Phi) is 5.70. The molecule has 3 aromatic rings. The summed E-state index contributed by atoms with van der Waals surface area (Å²) in [6, 6.07) is 13.6. The van der Waals surface area contributed by atoms with Crippen molar-refractivity contribution in [2.75, 3.05) is 10.6 Å². The number of fused-ring (bicyclic) bond motifs is 1. The highest BCUT2D eigenvalue weighted by Gasteiger charge is 2.52. The van der Waals surface area contributed by atoms with Crippen molar-refractivity contribution >= 4 is 49.7 Å². The number of benzene rings is 2. The molecule has 36 heavy (non-hydrogen) atoms. The Morgan fingerprint density at radius 1 is 0.917 bits per heavy atom. The van der Waals surface area contributed by atoms with Crippen LogP contribution in [-0.2, 0) is 10.0 Å². The van der Waals surface area contributed by atoms with Gasteiger partial charge in [0.15, 0.2) is 5.11 Å². The summed E-state index contributed by atoms with van der Waals surface area (Å²) in [6.45, 7) is 1.86. The maximum absolute atomic E-state index is 13.2. The Morgan fingerprint density at radius 2 is 1.50 bits per heavy atom. The van der Waals surface area contributed by atoms with Crippen molar-refractivity contribution in [1.29, 1.82) is 0 Å². The molecule has 4 aliphatic rings. The van der Waals surface area contributed by atoms with Gasteiger partial charge in [-0.3, -0.25) is 0 Å². The van der Waals surface area contributed by atoms with E-state index in [9.17, 15) is 13.2 Å². The van der Waals surface area contributed by atoms with Gasteiger partial charge in [-0.25, -0.2) is 17.9 Å². The van der Waals surface area contributed by atoms with Crippen LogP contribution in [0.15, 0.2) is 62.6 Å². The quantitative estimate of drug-likeness (QED) is 0.314. The van der Waals surface area contributed by atoms with E-state index in [1.54, 1.807) is 30.3 Å². The van der Waals surface area contributed by atoms with Gasteiger partial charge in [-0.05, 0) is 117 Å². The molecule has 0 aliphatic heterocycles. The number of rotatable bonds is 5. The molecule has 0 saturated heterocycles. The van der Waals surface area contributed by atoms with Crippen molar-refractivity contribution in [2.45, 2.75) is 55.9 Å². The monoisotopic (exact) mass is 523 g/mol. The topological polar surface area (TPSA) is 100 Å². The summed E-state index contributed by atoms with van der Waals surface area (Å²) in [6.07, 6.45) is 6.70. The molecule has 7 rings (SSSR count). The summed E-state index contributed by atoms with van der Waals surface area (Å²) in [5, 5.41) is 7.36. The maximum atomic E-state index is 13.2. The zero-order valence-corrected chi connectivity index (χ0v) is 21.7. The minimum atomic E-state index is -3.61. The smallest absolute Gasteiger partial charge is 0.336 e. The lowest BCUT2D eigenvalue weighted by Crippen LogP contribution is -2.59. The van der Waals surface area contributed by atoms with Crippen LogP contribution < -0.4 is 21.0 Å². The lowest BCUT2D eigenvalue weighted by molar-refractivity contribution is -0.00810. The van der Waals surface area contributed by atoms with Crippen LogP contribution >= 0.6 is 12.2 Å². The van der Waals surface area contributed by atoms with Gasteiger partial charge in [-0.15, -0.1) is 0 Å². The molecule has 9 heteroatoms. The molecule has 0 unspecified atom stereocenters. The molecule has 188 valence electrons. The zero-order valence-electron chi connectivity index (χ0n) is 20.0. The Bertz CT molecular complexity index is 1480. The molecule has 0 radical (unpaired) electrons. The largest absolute Gasteiger partial charge is 0.423 e. The fourth-order valence-electron chi connectivity index (χ4n) is 6.99. The van der Waals surface area contributed by atoms with Gasteiger partial charge in [0.25, 0.3) is 0 Å². The van der Waals surface area contributed by atoms with Gasteiger partial charge < -0.3 is 15.1 Å². The summed E-state index contributed by atoms with van der Waals surface area (Å²) in [7, 11) is -3.61. The Hall–Kier alpha value is -2.75. The van der Waals surface area contributed by atoms with E-state index >= 15 is 0 Å². The minimum Gasteiger partial charge on any atom is -0.423 e. The first-order chi connectivity index (χ1) is 17.2. The lowest BCUT2D eigenvalue weighted by atomic mass is 9.53. The SMILES string of the molecule is Cc1cc(=O)oc2cc(NC(=S)Nc3ccc(S(=O)(=O)NC45CC6CC(CC(C6)C4)C5)cc3)ccc12. The molecular formula is C27H29N3O4S2. The minimum absolute atomic E-state index is 0.266. The summed E-state index contributed by atoms with van der Waals surface area (Å²) < 4.78 is 34.9. The molecule has 0 atom stereocenters. The van der Waals surface area contributed by atoms with Gasteiger partial charge in [-0.1, -0.05) is 0 Å². The van der Waals surface area contributed by atoms with E-state index in [1.807, 2.05) is 19.1 Å². The van der Waals surface area contributed by atoms with Crippen molar-refractivity contribution in [2.24, 2.45) is 17.8 Å². The van der Waals surface area contributed by atoms with E-state index in [-0.39, 0.29) is 10.4 Å². The van der Waals surface area contributed by atoms with Gasteiger partial charge in [0, 0.05) is 34.4 Å². The fourth-order valence-corrected chi connectivity index (χ4v) is 8.66. The van der Waals surface area contributed by atoms with Crippen LogP contribution in [-0.4, -0.2) is 19.1 Å². The van der Waals surface area contributed by atoms with E-state index in [0.717, 1.165) is 30.2 Å². The molecule has 3 N–H and O–H groups in total. The Balaban J connectivity index is 1.12. The predicted octanol–water partition coefficient (Wildman–Crippen LogP) is 5.16. The van der Waals surface area contributed by atoms with E-state index in [1.165, 1.54) is 25.3 Å². The number of aryl methyl sites for hydroxylation is 1. The predicted molar refractivity (Wildman–Crippen MR) is 145 cm³/mol. The van der Waals surface area contributed by atoms with Gasteiger partial charge in [0.1, 0.15) is 5.58 Å². The molecule has 4 fully saturated rings. The molecule has 4 bridgehead atoms. The zero-order chi connectivity index (χ0) is 25.1. The summed E-state index contributed by atoms with van der Waals surface area (Å²) >= 11 is 5.42. The average Bonchev–Trinajstić information content (AvgIpc) is 2.77. The van der Waals surface area contributed by atoms with Crippen molar-refractivity contribution in [3.05, 3.63) is 64.5 Å². The molecule has 0 amide bonds. The van der Waals surface area contributed by atoms with Gasteiger partial charge in [-0.2, -0.15) is 0 Å². The fraction of sp³-hybridized carbons (Fsp3) is 0.407. The molecular weight excluding hydrogens is 494 g/mol. The van der Waals surface area contributed by atoms with Crippen LogP contribution in [0.2, 0.25) is 0 Å². The van der Waals surface area contributed by atoms with Gasteiger partial charge >= 0.3 is 5.63 Å². The van der Waals surface area contributed by atoms with E-state index in [2.05, 4.69) is 15.4 Å². The second kappa shape index (κ2) is 8.68. The van der Waals surface area contributed by atoms with Crippen molar-refractivity contribution in [1.82, 2.24) is 4.72 Å². The normalized spacial score (nSPS) is 26.8. The van der Waals surface area contributed by atoms with Gasteiger partial charge in [0.2, 0.25) is 10.0 Å². The molecule has 4 saturated carbocycles. The number of sulfonamides is 1. The van der Waals surface area contributed by atoms with Crippen LogP contribution in [0.3, 0.4) is 0 Å². The Morgan fingerprint density at radius 3 is 2.14 bits per heavy atom. The van der Waals surface area contributed by atoms with Crippen LogP contribution in [0.5, 0.6) is 0 Å². The van der Waals surface area contributed by atoms with Crippen molar-refractivity contribution in [3.8, 4) is 0 Å². The second-order valence-electron chi connectivity index (χ2n) is 10.9. The molecule has 2 aromatic carbocycles. The number of nitrogens with one attached hydrogen (secondary N) is 3. The first-order valence-electron chi connectivity index (χ1n) is 12.4. The highest BCUT2D eigenvalue weighted by Crippen LogP contribution is 2.56. The van der Waals surface area contributed by atoms with Crippen LogP contribution in [0.25, 0.3) is 11.0 Å². The third kappa shape index (κ3) is 4.55. The highest BCUT2D eigenvalue weighted by atomic mass is 32.2. The third-order valence-electron chi connectivity index (χ3n) is 8.02. The standard InChI is InChI=1S/C27H29N3O4S2/c1-16-8-25(31)34-24-12-21(4-7-23(16)24)29-26(35)28-20-2-5-22(6-3-20)36(32,33)30-27-13-17-9-18(14-27)11-19(10-17)15-27/h2-8,12,17-19,30H,9-11,13-15H2,1H3,(H2,28,29,35). The number of anilines is 2. The van der Waals surface area contributed by atoms with Crippen LogP contribution in [0.4, 0.5) is 11.4 Å². The third-order valence-corrected chi connectivity index (χ3v) is 9.82. The van der Waals surface area contributed by atoms with E-state index < -0.39 is 15.6 Å². The number of thiocarbonyl (C=S) groups is 1. The number of hydrogen-bond acceptors (Lipinski definition) is 5. The lowest BCUT2D eigenvalue weighted by Gasteiger charge is -2.56. The molecule has 1 aromatic heterocycles. The first-order valence-corrected chi connectivity index (χ1v) is 14.3. The average molecular weight is 524 g/mol. The van der Waals surface area contributed by atoms with E-state index in [4.69, 9.17) is 16.6 Å².